The van der Waals surface area contributed by atoms with Crippen LogP contribution in [0.2, 0.25) is 0 Å². The number of allylic oxidation sites excluding steroid dienone is 1. The van der Waals surface area contributed by atoms with Gasteiger partial charge in [-0.15, -0.1) is 16.8 Å². The fourth-order valence-electron chi connectivity index (χ4n) is 4.38. The third-order valence-electron chi connectivity index (χ3n) is 5.91. The third-order valence-corrected chi connectivity index (χ3v) is 6.86. The number of hydrogen-bond donors (Lipinski definition) is 0. The summed E-state index contributed by atoms with van der Waals surface area (Å²) in [5, 5.41) is 9.46. The molecule has 1 atom stereocenters. The molecule has 3 aromatic rings. The van der Waals surface area contributed by atoms with E-state index in [4.69, 9.17) is 9.47 Å². The number of ether oxygens (including phenoxy) is 2. The summed E-state index contributed by atoms with van der Waals surface area (Å²) < 4.78 is 13.4. The van der Waals surface area contributed by atoms with Crippen molar-refractivity contribution >= 4 is 17.7 Å². The summed E-state index contributed by atoms with van der Waals surface area (Å²) in [6, 6.07) is 16.0. The van der Waals surface area contributed by atoms with Gasteiger partial charge in [0.05, 0.1) is 11.8 Å². The Morgan fingerprint density at radius 3 is 2.76 bits per heavy atom. The number of fused-ring (bicyclic) bond motifs is 1. The fraction of sp³-hybridized carbons (Fsp3) is 0.320. The van der Waals surface area contributed by atoms with Crippen LogP contribution in [0.15, 0.2) is 66.3 Å². The second-order valence-corrected chi connectivity index (χ2v) is 8.95. The number of carbonyl (C=O) groups is 1. The molecule has 2 aliphatic rings. The molecule has 33 heavy (non-hydrogen) atoms. The molecule has 1 saturated heterocycles. The summed E-state index contributed by atoms with van der Waals surface area (Å²) in [6.07, 6.45) is 3.75. The molecule has 1 unspecified atom stereocenters. The SMILES string of the molecule is C=CCn1c(SCC(=O)N2CCCC2c2ccc3c(c2)OCCO3)nnc1-c1ccccc1. The Morgan fingerprint density at radius 1 is 1.12 bits per heavy atom. The molecule has 8 heteroatoms. The Kier molecular flexibility index (Phi) is 6.35. The number of amides is 1. The van der Waals surface area contributed by atoms with Gasteiger partial charge in [0, 0.05) is 18.7 Å². The van der Waals surface area contributed by atoms with Crippen molar-refractivity contribution < 1.29 is 14.3 Å². The van der Waals surface area contributed by atoms with Crippen molar-refractivity contribution in [3.8, 4) is 22.9 Å². The molecule has 0 N–H and O–H groups in total. The van der Waals surface area contributed by atoms with Gasteiger partial charge in [-0.1, -0.05) is 54.2 Å². The van der Waals surface area contributed by atoms with E-state index >= 15 is 0 Å². The molecule has 0 radical (unpaired) electrons. The molecule has 0 saturated carbocycles. The number of hydrogen-bond acceptors (Lipinski definition) is 6. The Labute approximate surface area is 197 Å². The maximum Gasteiger partial charge on any atom is 0.233 e. The Morgan fingerprint density at radius 2 is 1.94 bits per heavy atom. The molecule has 7 nitrogen and oxygen atoms in total. The molecule has 0 bridgehead atoms. The van der Waals surface area contributed by atoms with Gasteiger partial charge in [0.2, 0.25) is 5.91 Å². The molecule has 3 heterocycles. The van der Waals surface area contributed by atoms with E-state index in [1.54, 1.807) is 0 Å². The maximum atomic E-state index is 13.2. The molecule has 0 spiro atoms. The van der Waals surface area contributed by atoms with Crippen molar-refractivity contribution in [1.29, 1.82) is 0 Å². The molecule has 5 rings (SSSR count). The number of thioether (sulfide) groups is 1. The summed E-state index contributed by atoms with van der Waals surface area (Å²) in [5.41, 5.74) is 2.08. The fourth-order valence-corrected chi connectivity index (χ4v) is 5.21. The molecule has 0 aliphatic carbocycles. The predicted molar refractivity (Wildman–Crippen MR) is 127 cm³/mol. The van der Waals surface area contributed by atoms with Crippen LogP contribution in [0.5, 0.6) is 11.5 Å². The van der Waals surface area contributed by atoms with E-state index in [1.807, 2.05) is 64.1 Å². The van der Waals surface area contributed by atoms with Crippen LogP contribution in [-0.2, 0) is 11.3 Å². The first kappa shape index (κ1) is 21.6. The average Bonchev–Trinajstić information content (AvgIpc) is 3.51. The highest BCUT2D eigenvalue weighted by molar-refractivity contribution is 7.99. The van der Waals surface area contributed by atoms with Crippen LogP contribution in [0.25, 0.3) is 11.4 Å². The molecular formula is C25H26N4O3S. The van der Waals surface area contributed by atoms with Crippen LogP contribution in [0.1, 0.15) is 24.4 Å². The van der Waals surface area contributed by atoms with Crippen LogP contribution in [0.4, 0.5) is 0 Å². The van der Waals surface area contributed by atoms with Crippen LogP contribution in [-0.4, -0.2) is 51.1 Å². The lowest BCUT2D eigenvalue weighted by Crippen LogP contribution is -2.32. The summed E-state index contributed by atoms with van der Waals surface area (Å²) in [6.45, 7) is 6.32. The zero-order valence-electron chi connectivity index (χ0n) is 18.4. The number of rotatable bonds is 7. The maximum absolute atomic E-state index is 13.2. The average molecular weight is 463 g/mol. The number of likely N-dealkylation sites (tertiary alicyclic amines) is 1. The minimum Gasteiger partial charge on any atom is -0.486 e. The Bertz CT molecular complexity index is 1150. The van der Waals surface area contributed by atoms with E-state index < -0.39 is 0 Å². The summed E-state index contributed by atoms with van der Waals surface area (Å²) >= 11 is 1.42. The Balaban J connectivity index is 1.30. The number of aromatic nitrogens is 3. The second-order valence-electron chi connectivity index (χ2n) is 8.01. The quantitative estimate of drug-likeness (QED) is 0.384. The molecule has 1 amide bonds. The lowest BCUT2D eigenvalue weighted by atomic mass is 10.0. The van der Waals surface area contributed by atoms with Gasteiger partial charge in [-0.05, 0) is 30.5 Å². The van der Waals surface area contributed by atoms with Gasteiger partial charge in [-0.25, -0.2) is 0 Å². The van der Waals surface area contributed by atoms with Gasteiger partial charge < -0.3 is 14.4 Å². The summed E-state index contributed by atoms with van der Waals surface area (Å²) in [7, 11) is 0. The smallest absolute Gasteiger partial charge is 0.233 e. The van der Waals surface area contributed by atoms with E-state index in [0.29, 0.717) is 25.5 Å². The first-order valence-electron chi connectivity index (χ1n) is 11.2. The third kappa shape index (κ3) is 4.48. The van der Waals surface area contributed by atoms with Gasteiger partial charge in [0.1, 0.15) is 13.2 Å². The van der Waals surface area contributed by atoms with E-state index in [2.05, 4.69) is 16.8 Å². The zero-order valence-corrected chi connectivity index (χ0v) is 19.2. The van der Waals surface area contributed by atoms with Crippen molar-refractivity contribution in [2.24, 2.45) is 0 Å². The number of benzene rings is 2. The van der Waals surface area contributed by atoms with Gasteiger partial charge in [0.15, 0.2) is 22.5 Å². The van der Waals surface area contributed by atoms with Crippen molar-refractivity contribution in [1.82, 2.24) is 19.7 Å². The topological polar surface area (TPSA) is 69.5 Å². The van der Waals surface area contributed by atoms with Crippen LogP contribution >= 0.6 is 11.8 Å². The molecule has 170 valence electrons. The summed E-state index contributed by atoms with van der Waals surface area (Å²) in [5.74, 6) is 2.73. The van der Waals surface area contributed by atoms with Crippen molar-refractivity contribution in [2.75, 3.05) is 25.5 Å². The normalized spacial score (nSPS) is 17.2. The highest BCUT2D eigenvalue weighted by Gasteiger charge is 2.31. The first-order valence-corrected chi connectivity index (χ1v) is 12.1. The lowest BCUT2D eigenvalue weighted by molar-refractivity contribution is -0.129. The van der Waals surface area contributed by atoms with Crippen LogP contribution < -0.4 is 9.47 Å². The number of nitrogens with zero attached hydrogens (tertiary/aromatic N) is 4. The van der Waals surface area contributed by atoms with Gasteiger partial charge >= 0.3 is 0 Å². The monoisotopic (exact) mass is 462 g/mol. The zero-order chi connectivity index (χ0) is 22.6. The van der Waals surface area contributed by atoms with E-state index in [9.17, 15) is 4.79 Å². The van der Waals surface area contributed by atoms with Crippen molar-refractivity contribution in [3.63, 3.8) is 0 Å². The second kappa shape index (κ2) is 9.70. The number of carbonyl (C=O) groups excluding carboxylic acids is 1. The minimum absolute atomic E-state index is 0.0554. The highest BCUT2D eigenvalue weighted by Crippen LogP contribution is 2.38. The molecule has 1 fully saturated rings. The molecule has 1 aromatic heterocycles. The molecular weight excluding hydrogens is 436 g/mol. The predicted octanol–water partition coefficient (Wildman–Crippen LogP) is 4.36. The van der Waals surface area contributed by atoms with E-state index in [1.165, 1.54) is 11.8 Å². The minimum atomic E-state index is 0.0554. The van der Waals surface area contributed by atoms with Gasteiger partial charge in [0.25, 0.3) is 0 Å². The van der Waals surface area contributed by atoms with Crippen LogP contribution in [0, 0.1) is 0 Å². The highest BCUT2D eigenvalue weighted by atomic mass is 32.2. The standard InChI is InChI=1S/C25H26N4O3S/c1-2-12-29-24(18-7-4-3-5-8-18)26-27-25(29)33-17-23(30)28-13-6-9-20(28)19-10-11-21-22(16-19)32-15-14-31-21/h2-5,7-8,10-11,16,20H,1,6,9,12-15,17H2. The Hall–Kier alpha value is -3.26. The van der Waals surface area contributed by atoms with Crippen LogP contribution in [0.3, 0.4) is 0 Å². The van der Waals surface area contributed by atoms with Gasteiger partial charge in [-0.2, -0.15) is 0 Å². The lowest BCUT2D eigenvalue weighted by Gasteiger charge is -2.26. The van der Waals surface area contributed by atoms with E-state index in [-0.39, 0.29) is 11.9 Å². The molecule has 2 aromatic carbocycles. The molecule has 2 aliphatic heterocycles. The van der Waals surface area contributed by atoms with Crippen molar-refractivity contribution in [3.05, 3.63) is 66.7 Å². The summed E-state index contributed by atoms with van der Waals surface area (Å²) in [4.78, 5) is 15.2. The first-order chi connectivity index (χ1) is 16.2. The van der Waals surface area contributed by atoms with Gasteiger partial charge in [-0.3, -0.25) is 9.36 Å². The largest absolute Gasteiger partial charge is 0.486 e. The van der Waals surface area contributed by atoms with E-state index in [0.717, 1.165) is 53.0 Å². The van der Waals surface area contributed by atoms with Crippen molar-refractivity contribution in [2.45, 2.75) is 30.6 Å².